The largest absolute Gasteiger partial charge is 0.494 e. The maximum absolute atomic E-state index is 12.1. The summed E-state index contributed by atoms with van der Waals surface area (Å²) >= 11 is 0. The van der Waals surface area contributed by atoms with Gasteiger partial charge in [-0.15, -0.1) is 0 Å². The molecule has 4 heteroatoms. The van der Waals surface area contributed by atoms with Crippen LogP contribution in [0.25, 0.3) is 0 Å². The molecular formula is C17H20N2O2. The summed E-state index contributed by atoms with van der Waals surface area (Å²) in [6.07, 6.45) is 0. The molecule has 0 saturated heterocycles. The average Bonchev–Trinajstić information content (AvgIpc) is 2.49. The van der Waals surface area contributed by atoms with Crippen molar-refractivity contribution < 1.29 is 9.53 Å². The van der Waals surface area contributed by atoms with Crippen molar-refractivity contribution in [1.29, 1.82) is 0 Å². The minimum atomic E-state index is -0.345. The number of para-hydroxylation sites is 1. The Morgan fingerprint density at radius 3 is 2.52 bits per heavy atom. The normalized spacial score (nSPS) is 11.5. The number of anilines is 2. The Balaban J connectivity index is 1.95. The number of rotatable bonds is 6. The summed E-state index contributed by atoms with van der Waals surface area (Å²) in [5.74, 6) is 0.709. The molecule has 0 aromatic heterocycles. The maximum atomic E-state index is 12.1. The summed E-state index contributed by atoms with van der Waals surface area (Å²) in [4.78, 5) is 12.1. The van der Waals surface area contributed by atoms with E-state index in [0.717, 1.165) is 17.1 Å². The smallest absolute Gasteiger partial charge is 0.246 e. The zero-order chi connectivity index (χ0) is 15.1. The molecule has 0 bridgehead atoms. The van der Waals surface area contributed by atoms with Crippen LogP contribution in [0.4, 0.5) is 11.4 Å². The van der Waals surface area contributed by atoms with Crippen molar-refractivity contribution in [3.63, 3.8) is 0 Å². The second-order valence-electron chi connectivity index (χ2n) is 4.68. The van der Waals surface area contributed by atoms with Crippen LogP contribution in [0.1, 0.15) is 13.8 Å². The lowest BCUT2D eigenvalue weighted by Crippen LogP contribution is -2.31. The molecule has 2 aromatic carbocycles. The Morgan fingerprint density at radius 1 is 1.10 bits per heavy atom. The van der Waals surface area contributed by atoms with Gasteiger partial charge in [0.1, 0.15) is 11.8 Å². The van der Waals surface area contributed by atoms with E-state index in [9.17, 15) is 4.79 Å². The van der Waals surface area contributed by atoms with E-state index in [1.807, 2.05) is 68.4 Å². The number of amides is 1. The summed E-state index contributed by atoms with van der Waals surface area (Å²) in [7, 11) is 0. The van der Waals surface area contributed by atoms with Crippen LogP contribution in [-0.4, -0.2) is 18.6 Å². The van der Waals surface area contributed by atoms with Gasteiger partial charge in [0, 0.05) is 17.4 Å². The van der Waals surface area contributed by atoms with Crippen molar-refractivity contribution in [3.8, 4) is 5.75 Å². The molecule has 1 amide bonds. The summed E-state index contributed by atoms with van der Waals surface area (Å²) in [6, 6.07) is 16.7. The second-order valence-corrected chi connectivity index (χ2v) is 4.68. The topological polar surface area (TPSA) is 50.4 Å². The van der Waals surface area contributed by atoms with Gasteiger partial charge < -0.3 is 15.4 Å². The van der Waals surface area contributed by atoms with Crippen LogP contribution in [0.2, 0.25) is 0 Å². The van der Waals surface area contributed by atoms with Crippen LogP contribution in [0.3, 0.4) is 0 Å². The Bertz CT molecular complexity index is 584. The molecule has 0 fully saturated rings. The van der Waals surface area contributed by atoms with Gasteiger partial charge in [-0.05, 0) is 38.1 Å². The second kappa shape index (κ2) is 7.33. The number of nitrogens with one attached hydrogen (secondary N) is 2. The van der Waals surface area contributed by atoms with E-state index in [0.29, 0.717) is 6.61 Å². The van der Waals surface area contributed by atoms with Crippen LogP contribution in [-0.2, 0) is 4.79 Å². The molecule has 4 nitrogen and oxygen atoms in total. The first-order valence-electron chi connectivity index (χ1n) is 7.04. The van der Waals surface area contributed by atoms with Gasteiger partial charge in [-0.25, -0.2) is 0 Å². The predicted octanol–water partition coefficient (Wildman–Crippen LogP) is 3.52. The zero-order valence-electron chi connectivity index (χ0n) is 12.3. The van der Waals surface area contributed by atoms with Crippen LogP contribution in [0.15, 0.2) is 54.6 Å². The van der Waals surface area contributed by atoms with Crippen LogP contribution in [0, 0.1) is 0 Å². The summed E-state index contributed by atoms with van der Waals surface area (Å²) in [5.41, 5.74) is 1.65. The van der Waals surface area contributed by atoms with E-state index >= 15 is 0 Å². The fourth-order valence-corrected chi connectivity index (χ4v) is 1.93. The van der Waals surface area contributed by atoms with Crippen LogP contribution >= 0.6 is 0 Å². The third-order valence-corrected chi connectivity index (χ3v) is 2.96. The van der Waals surface area contributed by atoms with Gasteiger partial charge >= 0.3 is 0 Å². The first kappa shape index (κ1) is 14.9. The quantitative estimate of drug-likeness (QED) is 0.853. The van der Waals surface area contributed by atoms with Crippen molar-refractivity contribution in [2.75, 3.05) is 17.2 Å². The Kier molecular flexibility index (Phi) is 5.21. The lowest BCUT2D eigenvalue weighted by molar-refractivity contribution is -0.116. The summed E-state index contributed by atoms with van der Waals surface area (Å²) in [5, 5.41) is 6.04. The fourth-order valence-electron chi connectivity index (χ4n) is 1.93. The molecule has 0 radical (unpaired) electrons. The number of carbonyl (C=O) groups excluding carboxylic acids is 1. The predicted molar refractivity (Wildman–Crippen MR) is 85.8 cm³/mol. The van der Waals surface area contributed by atoms with Crippen molar-refractivity contribution >= 4 is 17.3 Å². The Hall–Kier alpha value is -2.49. The molecule has 1 unspecified atom stereocenters. The number of benzene rings is 2. The van der Waals surface area contributed by atoms with Crippen LogP contribution in [0.5, 0.6) is 5.75 Å². The third kappa shape index (κ3) is 4.53. The van der Waals surface area contributed by atoms with Gasteiger partial charge in [-0.3, -0.25) is 4.79 Å². The first-order chi connectivity index (χ1) is 10.2. The molecule has 21 heavy (non-hydrogen) atoms. The number of ether oxygens (including phenoxy) is 1. The summed E-state index contributed by atoms with van der Waals surface area (Å²) in [6.45, 7) is 4.38. The standard InChI is InChI=1S/C17H20N2O2/c1-3-21-16-11-7-10-15(12-16)18-13(2)17(20)19-14-8-5-4-6-9-14/h4-13,18H,3H2,1-2H3,(H,19,20). The van der Waals surface area contributed by atoms with Crippen molar-refractivity contribution in [1.82, 2.24) is 0 Å². The monoisotopic (exact) mass is 284 g/mol. The van der Waals surface area contributed by atoms with Gasteiger partial charge in [0.05, 0.1) is 6.61 Å². The lowest BCUT2D eigenvalue weighted by atomic mass is 10.2. The lowest BCUT2D eigenvalue weighted by Gasteiger charge is -2.16. The van der Waals surface area contributed by atoms with E-state index < -0.39 is 0 Å². The number of hydrogen-bond donors (Lipinski definition) is 2. The van der Waals surface area contributed by atoms with Crippen molar-refractivity contribution in [2.24, 2.45) is 0 Å². The number of hydrogen-bond acceptors (Lipinski definition) is 3. The van der Waals surface area contributed by atoms with Crippen LogP contribution < -0.4 is 15.4 Å². The van der Waals surface area contributed by atoms with Gasteiger partial charge in [0.25, 0.3) is 0 Å². The molecule has 0 aliphatic carbocycles. The zero-order valence-corrected chi connectivity index (χ0v) is 12.3. The third-order valence-electron chi connectivity index (χ3n) is 2.96. The molecule has 0 saturated carbocycles. The minimum absolute atomic E-state index is 0.0805. The fraction of sp³-hybridized carbons (Fsp3) is 0.235. The highest BCUT2D eigenvalue weighted by Crippen LogP contribution is 2.18. The molecule has 2 aromatic rings. The van der Waals surface area contributed by atoms with Gasteiger partial charge in [0.2, 0.25) is 5.91 Å². The number of carbonyl (C=O) groups is 1. The van der Waals surface area contributed by atoms with E-state index in [4.69, 9.17) is 4.74 Å². The molecule has 1 atom stereocenters. The highest BCUT2D eigenvalue weighted by Gasteiger charge is 2.12. The molecule has 2 rings (SSSR count). The molecular weight excluding hydrogens is 264 g/mol. The molecule has 0 spiro atoms. The molecule has 0 aliphatic heterocycles. The Morgan fingerprint density at radius 2 is 1.81 bits per heavy atom. The first-order valence-corrected chi connectivity index (χ1v) is 7.04. The van der Waals surface area contributed by atoms with Gasteiger partial charge in [-0.1, -0.05) is 24.3 Å². The van der Waals surface area contributed by atoms with Crippen molar-refractivity contribution in [3.05, 3.63) is 54.6 Å². The van der Waals surface area contributed by atoms with Gasteiger partial charge in [0.15, 0.2) is 0 Å². The van der Waals surface area contributed by atoms with E-state index in [1.54, 1.807) is 0 Å². The average molecular weight is 284 g/mol. The molecule has 110 valence electrons. The molecule has 0 aliphatic rings. The van der Waals surface area contributed by atoms with E-state index in [1.165, 1.54) is 0 Å². The minimum Gasteiger partial charge on any atom is -0.494 e. The highest BCUT2D eigenvalue weighted by molar-refractivity contribution is 5.96. The SMILES string of the molecule is CCOc1cccc(NC(C)C(=O)Nc2ccccc2)c1. The molecule has 2 N–H and O–H groups in total. The van der Waals surface area contributed by atoms with Crippen molar-refractivity contribution in [2.45, 2.75) is 19.9 Å². The Labute approximate surface area is 125 Å². The van der Waals surface area contributed by atoms with Gasteiger partial charge in [-0.2, -0.15) is 0 Å². The van der Waals surface area contributed by atoms with E-state index in [-0.39, 0.29) is 11.9 Å². The molecule has 0 heterocycles. The summed E-state index contributed by atoms with van der Waals surface area (Å²) < 4.78 is 5.44. The maximum Gasteiger partial charge on any atom is 0.246 e. The van der Waals surface area contributed by atoms with E-state index in [2.05, 4.69) is 10.6 Å². The highest BCUT2D eigenvalue weighted by atomic mass is 16.5.